The van der Waals surface area contributed by atoms with Gasteiger partial charge in [-0.25, -0.2) is 18.0 Å². The Bertz CT molecular complexity index is 2590. The van der Waals surface area contributed by atoms with Crippen molar-refractivity contribution < 1.29 is 54.6 Å². The molecule has 10 heteroatoms. The smallest absolute Gasteiger partial charge is 0.762 e. The fourth-order valence-electron chi connectivity index (χ4n) is 4.81. The molecule has 0 unspecified atom stereocenters. The van der Waals surface area contributed by atoms with E-state index in [-0.39, 0.29) is 90.5 Å². The molecule has 1 aliphatic carbocycles. The van der Waals surface area contributed by atoms with Crippen molar-refractivity contribution in [2.24, 2.45) is 0 Å². The molecule has 1 aliphatic rings. The molecule has 270 valence electrons. The van der Waals surface area contributed by atoms with Crippen LogP contribution in [0.1, 0.15) is 33.4 Å². The van der Waals surface area contributed by atoms with Crippen LogP contribution in [0.15, 0.2) is 150 Å². The Morgan fingerprint density at radius 1 is 0.625 bits per heavy atom. The van der Waals surface area contributed by atoms with E-state index in [9.17, 15) is 41.6 Å². The summed E-state index contributed by atoms with van der Waals surface area (Å²) in [7, 11) is 0. The van der Waals surface area contributed by atoms with Crippen molar-refractivity contribution in [1.29, 1.82) is 15.8 Å². The zero-order valence-corrected chi connectivity index (χ0v) is 31.2. The molecule has 0 bridgehead atoms. The monoisotopic (exact) mass is 810 g/mol. The summed E-state index contributed by atoms with van der Waals surface area (Å²) in [6.45, 7) is 0. The predicted octanol–water partition coefficient (Wildman–Crippen LogP) is 7.73. The number of allylic oxidation sites excluding steroid dienone is 9. The maximum Gasteiger partial charge on any atom is 2.00 e. The molecule has 0 saturated carbocycles. The minimum atomic E-state index is -0.436. The van der Waals surface area contributed by atoms with E-state index in [1.54, 1.807) is 60.5 Å². The van der Waals surface area contributed by atoms with Gasteiger partial charge in [0.2, 0.25) is 0 Å². The van der Waals surface area contributed by atoms with Crippen LogP contribution < -0.4 is 0 Å². The summed E-state index contributed by atoms with van der Waals surface area (Å²) in [5.74, 6) is 14.5. The van der Waals surface area contributed by atoms with Gasteiger partial charge in [0, 0.05) is 22.8 Å². The summed E-state index contributed by atoms with van der Waals surface area (Å²) in [4.78, 5) is 0. The summed E-state index contributed by atoms with van der Waals surface area (Å²) in [5.41, 5.74) is 1.70. The fraction of sp³-hybridized carbons (Fsp3) is 0. The molecule has 5 aromatic carbocycles. The van der Waals surface area contributed by atoms with Crippen molar-refractivity contribution in [2.75, 3.05) is 0 Å². The van der Waals surface area contributed by atoms with Gasteiger partial charge in [-0.1, -0.05) is 30.2 Å². The van der Waals surface area contributed by atoms with Crippen LogP contribution in [0, 0.1) is 70.0 Å². The van der Waals surface area contributed by atoms with Gasteiger partial charge in [0.1, 0.15) is 46.8 Å². The van der Waals surface area contributed by atoms with Crippen LogP contribution >= 0.6 is 0 Å². The Balaban J connectivity index is 0.000000375. The van der Waals surface area contributed by atoms with Crippen LogP contribution in [0.4, 0.5) is 0 Å². The summed E-state index contributed by atoms with van der Waals surface area (Å²) in [5, 5.41) is 78.6. The van der Waals surface area contributed by atoms with Crippen LogP contribution in [0.25, 0.3) is 11.0 Å². The number of hydrogen-bond donors (Lipinski definition) is 4. The van der Waals surface area contributed by atoms with Gasteiger partial charge in [-0.3, -0.25) is 0 Å². The average Bonchev–Trinajstić information content (AvgIpc) is 4.04. The minimum Gasteiger partial charge on any atom is -0.762 e. The Morgan fingerprint density at radius 3 is 1.55 bits per heavy atom. The zero-order chi connectivity index (χ0) is 38.9. The molecule has 6 rings (SSSR count). The average molecular weight is 810 g/mol. The number of terminal acetylenes is 1. The quantitative estimate of drug-likeness (QED) is 0.0360. The van der Waals surface area contributed by atoms with Crippen LogP contribution in [0.5, 0.6) is 23.0 Å². The number of hydrogen-bond acceptors (Lipinski definition) is 7. The molecular weight excluding hydrogens is 784 g/mol. The van der Waals surface area contributed by atoms with Gasteiger partial charge in [-0.2, -0.15) is 82.2 Å². The number of rotatable bonds is 3. The van der Waals surface area contributed by atoms with Crippen molar-refractivity contribution in [1.82, 2.24) is 0 Å². The molecule has 5 aromatic rings. The molecule has 0 atom stereocenters. The number of phenols is 4. The SMILES string of the molecule is C#Cc1cc(O)c(C#Cc2ccc[cH-]2)cc1O.N#CC(=C=[N-])C(=C1C=CC=C1)C(=C(C#N)C#N)c1cc(O)c(C#Cc2ccc[cH-]2)cc1O.[Fe+2].[Fe+2].c1cc[cH-]c1. The number of benzene rings is 2. The van der Waals surface area contributed by atoms with E-state index in [4.69, 9.17) is 6.42 Å². The molecule has 0 fully saturated rings. The van der Waals surface area contributed by atoms with Gasteiger partial charge in [-0.15, -0.1) is 41.5 Å². The number of phenolic OH excluding ortho intramolecular Hbond substituents is 4. The van der Waals surface area contributed by atoms with Crippen LogP contribution in [0.2, 0.25) is 0 Å². The summed E-state index contributed by atoms with van der Waals surface area (Å²) < 4.78 is 0. The van der Waals surface area contributed by atoms with Gasteiger partial charge >= 0.3 is 34.1 Å². The number of nitrogens with zero attached hydrogens (tertiary/aromatic N) is 4. The molecule has 0 aromatic heterocycles. The molecule has 0 heterocycles. The topological polar surface area (TPSA) is 175 Å². The van der Waals surface area contributed by atoms with Gasteiger partial charge in [0.15, 0.2) is 0 Å². The van der Waals surface area contributed by atoms with Gasteiger partial charge in [-0.05, 0) is 23.8 Å². The Labute approximate surface area is 345 Å². The second kappa shape index (κ2) is 22.4. The van der Waals surface area contributed by atoms with E-state index in [1.807, 2.05) is 66.7 Å². The Morgan fingerprint density at radius 2 is 1.12 bits per heavy atom. The summed E-state index contributed by atoms with van der Waals surface area (Å²) >= 11 is 0. The van der Waals surface area contributed by atoms with Crippen LogP contribution in [-0.4, -0.2) is 26.3 Å². The fourth-order valence-corrected chi connectivity index (χ4v) is 4.81. The number of nitriles is 3. The molecule has 8 nitrogen and oxygen atoms in total. The van der Waals surface area contributed by atoms with Crippen LogP contribution in [0.3, 0.4) is 0 Å². The molecule has 56 heavy (non-hydrogen) atoms. The maximum absolute atomic E-state index is 10.7. The third-order valence-electron chi connectivity index (χ3n) is 7.37. The minimum absolute atomic E-state index is 0. The van der Waals surface area contributed by atoms with Crippen molar-refractivity contribution in [3.05, 3.63) is 189 Å². The second-order valence-corrected chi connectivity index (χ2v) is 10.8. The van der Waals surface area contributed by atoms with E-state index in [0.717, 1.165) is 17.2 Å². The molecule has 0 radical (unpaired) electrons. The molecule has 0 aliphatic heterocycles. The van der Waals surface area contributed by atoms with E-state index < -0.39 is 5.57 Å². The second-order valence-electron chi connectivity index (χ2n) is 10.8. The molecule has 0 amide bonds. The maximum atomic E-state index is 10.7. The molecule has 0 spiro atoms. The summed E-state index contributed by atoms with van der Waals surface area (Å²) in [6.07, 6.45) is 11.7. The van der Waals surface area contributed by atoms with Gasteiger partial charge in [0.05, 0.1) is 22.3 Å². The van der Waals surface area contributed by atoms with Crippen molar-refractivity contribution >= 4 is 11.4 Å². The predicted molar refractivity (Wildman–Crippen MR) is 206 cm³/mol. The van der Waals surface area contributed by atoms with Gasteiger partial charge in [0.25, 0.3) is 0 Å². The first-order valence-electron chi connectivity index (χ1n) is 15.8. The van der Waals surface area contributed by atoms with E-state index in [2.05, 4.69) is 29.6 Å². The Kier molecular flexibility index (Phi) is 17.8. The molecule has 4 N–H and O–H groups in total. The van der Waals surface area contributed by atoms with Crippen molar-refractivity contribution in [2.45, 2.75) is 0 Å². The Hall–Kier alpha value is -7.71. The summed E-state index contributed by atoms with van der Waals surface area (Å²) in [6, 6.07) is 35.0. The molecular formula is C46H26Fe2N4O4. The normalized spacial score (nSPS) is 9.61. The third-order valence-corrected chi connectivity index (χ3v) is 7.37. The van der Waals surface area contributed by atoms with Gasteiger partial charge < -0.3 is 25.8 Å². The van der Waals surface area contributed by atoms with Crippen molar-refractivity contribution in [3.8, 4) is 77.2 Å². The first-order valence-corrected chi connectivity index (χ1v) is 15.8. The first kappa shape index (κ1) is 44.4. The standard InChI is InChI=1S/C26H12N4O2.C15H9O2.C5H5.2Fe/c27-13-20(14-28)25(18-7-3-4-8-18)26(21(15-29)16-30)22-12-23(31)19(11-24(22)32)10-9-17-5-1-2-6-17;1-2-12-9-15(17)13(10-14(12)16)8-7-11-5-3-4-6-11;1-2-4-5-3-1;;/h1-8,11-12,31-32H;1,3-6,9-10,16-17H;1-5H;;/q-2;2*-1;2*+2. The zero-order valence-electron chi connectivity index (χ0n) is 29.0. The van der Waals surface area contributed by atoms with Crippen molar-refractivity contribution in [3.63, 3.8) is 0 Å². The van der Waals surface area contributed by atoms with Crippen LogP contribution in [-0.2, 0) is 34.1 Å². The van der Waals surface area contributed by atoms with E-state index >= 15 is 0 Å². The molecule has 0 saturated heterocycles. The number of aromatic hydroxyl groups is 4. The third kappa shape index (κ3) is 11.6. The largest absolute Gasteiger partial charge is 2.00 e. The van der Waals surface area contributed by atoms with E-state index in [0.29, 0.717) is 11.1 Å². The first-order chi connectivity index (χ1) is 26.2. The van der Waals surface area contributed by atoms with E-state index in [1.165, 1.54) is 18.2 Å².